The summed E-state index contributed by atoms with van der Waals surface area (Å²) in [5.41, 5.74) is 0.882. The molecule has 6 heteroatoms. The molecule has 0 aromatic heterocycles. The van der Waals surface area contributed by atoms with E-state index in [0.29, 0.717) is 11.3 Å². The Bertz CT molecular complexity index is 520. The molecule has 0 atom stereocenters. The van der Waals surface area contributed by atoms with E-state index in [2.05, 4.69) is 5.32 Å². The number of amides is 2. The molecule has 19 heavy (non-hydrogen) atoms. The third-order valence-corrected chi connectivity index (χ3v) is 2.43. The van der Waals surface area contributed by atoms with Gasteiger partial charge in [0.1, 0.15) is 6.54 Å². The first-order chi connectivity index (χ1) is 8.93. The Labute approximate surface area is 111 Å². The van der Waals surface area contributed by atoms with Crippen LogP contribution in [0.1, 0.15) is 19.4 Å². The zero-order chi connectivity index (χ0) is 14.4. The van der Waals surface area contributed by atoms with Crippen LogP contribution in [0.4, 0.5) is 10.5 Å². The van der Waals surface area contributed by atoms with Crippen molar-refractivity contribution >= 4 is 17.7 Å². The number of benzene rings is 1. The maximum Gasteiger partial charge on any atom is 0.323 e. The van der Waals surface area contributed by atoms with Crippen LogP contribution < -0.4 is 5.32 Å². The molecule has 0 aliphatic carbocycles. The molecule has 1 aromatic rings. The highest BCUT2D eigenvalue weighted by Gasteiger charge is 2.19. The number of nitrogens with one attached hydrogen (secondary N) is 1. The maximum atomic E-state index is 12.0. The van der Waals surface area contributed by atoms with E-state index in [1.807, 2.05) is 6.07 Å². The number of carboxylic acids is 1. The minimum Gasteiger partial charge on any atom is -0.480 e. The number of aliphatic carboxylic acids is 1. The molecule has 0 saturated heterocycles. The highest BCUT2D eigenvalue weighted by atomic mass is 16.4. The predicted octanol–water partition coefficient (Wildman–Crippen LogP) is 1.89. The van der Waals surface area contributed by atoms with Crippen molar-refractivity contribution in [3.63, 3.8) is 0 Å². The summed E-state index contributed by atoms with van der Waals surface area (Å²) in [6.07, 6.45) is 0. The van der Waals surface area contributed by atoms with Gasteiger partial charge in [-0.15, -0.1) is 0 Å². The van der Waals surface area contributed by atoms with Crippen LogP contribution in [-0.2, 0) is 4.79 Å². The Hall–Kier alpha value is -2.55. The van der Waals surface area contributed by atoms with E-state index in [1.54, 1.807) is 32.0 Å². The van der Waals surface area contributed by atoms with Crippen molar-refractivity contribution in [1.82, 2.24) is 4.90 Å². The lowest BCUT2D eigenvalue weighted by molar-refractivity contribution is -0.137. The Kier molecular flexibility index (Phi) is 4.89. The van der Waals surface area contributed by atoms with Gasteiger partial charge in [0.25, 0.3) is 0 Å². The predicted molar refractivity (Wildman–Crippen MR) is 69.7 cm³/mol. The summed E-state index contributed by atoms with van der Waals surface area (Å²) < 4.78 is 0. The van der Waals surface area contributed by atoms with Crippen LogP contribution >= 0.6 is 0 Å². The molecule has 0 aliphatic heterocycles. The second-order valence-electron chi connectivity index (χ2n) is 4.24. The van der Waals surface area contributed by atoms with Gasteiger partial charge in [-0.2, -0.15) is 5.26 Å². The Morgan fingerprint density at radius 2 is 2.16 bits per heavy atom. The normalized spacial score (nSPS) is 9.79. The van der Waals surface area contributed by atoms with Crippen molar-refractivity contribution in [2.24, 2.45) is 0 Å². The van der Waals surface area contributed by atoms with Crippen molar-refractivity contribution < 1.29 is 14.7 Å². The molecule has 2 amide bonds. The molecular weight excluding hydrogens is 246 g/mol. The second kappa shape index (κ2) is 6.40. The first-order valence-electron chi connectivity index (χ1n) is 5.73. The van der Waals surface area contributed by atoms with Crippen LogP contribution in [0.2, 0.25) is 0 Å². The Morgan fingerprint density at radius 3 is 2.68 bits per heavy atom. The molecule has 6 nitrogen and oxygen atoms in total. The fourth-order valence-electron chi connectivity index (χ4n) is 1.50. The number of hydrogen-bond donors (Lipinski definition) is 2. The summed E-state index contributed by atoms with van der Waals surface area (Å²) in [4.78, 5) is 23.9. The number of carbonyl (C=O) groups is 2. The molecule has 0 spiro atoms. The lowest BCUT2D eigenvalue weighted by atomic mass is 10.2. The average molecular weight is 261 g/mol. The summed E-state index contributed by atoms with van der Waals surface area (Å²) in [6, 6.07) is 7.64. The zero-order valence-corrected chi connectivity index (χ0v) is 10.8. The van der Waals surface area contributed by atoms with Gasteiger partial charge in [-0.3, -0.25) is 4.79 Å². The second-order valence-corrected chi connectivity index (χ2v) is 4.24. The molecule has 0 radical (unpaired) electrons. The van der Waals surface area contributed by atoms with Gasteiger partial charge in [0, 0.05) is 11.7 Å². The highest BCUT2D eigenvalue weighted by molar-refractivity contribution is 5.91. The van der Waals surface area contributed by atoms with Gasteiger partial charge in [0.15, 0.2) is 0 Å². The maximum absolute atomic E-state index is 12.0. The molecule has 1 rings (SSSR count). The molecule has 0 saturated carbocycles. The quantitative estimate of drug-likeness (QED) is 0.865. The average Bonchev–Trinajstić information content (AvgIpc) is 2.35. The summed E-state index contributed by atoms with van der Waals surface area (Å²) in [7, 11) is 0. The van der Waals surface area contributed by atoms with Crippen LogP contribution in [0.25, 0.3) is 0 Å². The van der Waals surface area contributed by atoms with Crippen LogP contribution in [0, 0.1) is 11.3 Å². The Morgan fingerprint density at radius 1 is 1.47 bits per heavy atom. The summed E-state index contributed by atoms with van der Waals surface area (Å²) in [6.45, 7) is 3.09. The van der Waals surface area contributed by atoms with Crippen LogP contribution in [0.15, 0.2) is 24.3 Å². The summed E-state index contributed by atoms with van der Waals surface area (Å²) in [5.74, 6) is -1.07. The van der Waals surface area contributed by atoms with E-state index in [-0.39, 0.29) is 12.6 Å². The lowest BCUT2D eigenvalue weighted by Gasteiger charge is -2.25. The van der Waals surface area contributed by atoms with E-state index in [4.69, 9.17) is 10.4 Å². The molecule has 0 unspecified atom stereocenters. The van der Waals surface area contributed by atoms with E-state index in [1.165, 1.54) is 11.0 Å². The van der Waals surface area contributed by atoms with Crippen LogP contribution in [0.3, 0.4) is 0 Å². The fraction of sp³-hybridized carbons (Fsp3) is 0.308. The van der Waals surface area contributed by atoms with E-state index in [9.17, 15) is 9.59 Å². The van der Waals surface area contributed by atoms with Crippen molar-refractivity contribution in [2.45, 2.75) is 19.9 Å². The van der Waals surface area contributed by atoms with Crippen molar-refractivity contribution in [1.29, 1.82) is 5.26 Å². The van der Waals surface area contributed by atoms with Gasteiger partial charge in [0.05, 0.1) is 11.6 Å². The SMILES string of the molecule is CC(C)N(CC(=O)O)C(=O)Nc1cccc(C#N)c1. The molecule has 0 aliphatic rings. The standard InChI is InChI=1S/C13H15N3O3/c1-9(2)16(8-12(17)18)13(19)15-11-5-3-4-10(6-11)7-14/h3-6,9H,8H2,1-2H3,(H,15,19)(H,17,18). The van der Waals surface area contributed by atoms with Crippen molar-refractivity contribution in [3.8, 4) is 6.07 Å². The van der Waals surface area contributed by atoms with Gasteiger partial charge in [-0.1, -0.05) is 6.07 Å². The highest BCUT2D eigenvalue weighted by Crippen LogP contribution is 2.11. The van der Waals surface area contributed by atoms with Crippen LogP contribution in [-0.4, -0.2) is 34.6 Å². The van der Waals surface area contributed by atoms with Crippen molar-refractivity contribution in [2.75, 3.05) is 11.9 Å². The van der Waals surface area contributed by atoms with E-state index < -0.39 is 12.0 Å². The largest absolute Gasteiger partial charge is 0.480 e. The van der Waals surface area contributed by atoms with Crippen LogP contribution in [0.5, 0.6) is 0 Å². The number of urea groups is 1. The van der Waals surface area contributed by atoms with Gasteiger partial charge in [0.2, 0.25) is 0 Å². The number of carbonyl (C=O) groups excluding carboxylic acids is 1. The monoisotopic (exact) mass is 261 g/mol. The first-order valence-corrected chi connectivity index (χ1v) is 5.73. The van der Waals surface area contributed by atoms with Gasteiger partial charge in [-0.05, 0) is 32.0 Å². The van der Waals surface area contributed by atoms with Gasteiger partial charge in [-0.25, -0.2) is 4.79 Å². The third kappa shape index (κ3) is 4.32. The molecule has 0 bridgehead atoms. The first kappa shape index (κ1) is 14.5. The minimum absolute atomic E-state index is 0.241. The Balaban J connectivity index is 2.81. The molecule has 100 valence electrons. The number of nitrogens with zero attached hydrogens (tertiary/aromatic N) is 2. The number of hydrogen-bond acceptors (Lipinski definition) is 3. The number of anilines is 1. The molecule has 1 aromatic carbocycles. The number of carboxylic acid groups (broad SMARTS) is 1. The third-order valence-electron chi connectivity index (χ3n) is 2.43. The smallest absolute Gasteiger partial charge is 0.323 e. The zero-order valence-electron chi connectivity index (χ0n) is 10.8. The lowest BCUT2D eigenvalue weighted by Crippen LogP contribution is -2.43. The minimum atomic E-state index is -1.07. The molecule has 2 N–H and O–H groups in total. The molecular formula is C13H15N3O3. The fourth-order valence-corrected chi connectivity index (χ4v) is 1.50. The van der Waals surface area contributed by atoms with Crippen molar-refractivity contribution in [3.05, 3.63) is 29.8 Å². The van der Waals surface area contributed by atoms with Gasteiger partial charge >= 0.3 is 12.0 Å². The number of nitriles is 1. The number of rotatable bonds is 4. The summed E-state index contributed by atoms with van der Waals surface area (Å²) in [5, 5.41) is 20.1. The van der Waals surface area contributed by atoms with E-state index >= 15 is 0 Å². The summed E-state index contributed by atoms with van der Waals surface area (Å²) >= 11 is 0. The molecule has 0 heterocycles. The van der Waals surface area contributed by atoms with Gasteiger partial charge < -0.3 is 15.3 Å². The topological polar surface area (TPSA) is 93.4 Å². The molecule has 0 fully saturated rings. The van der Waals surface area contributed by atoms with E-state index in [0.717, 1.165) is 0 Å².